The summed E-state index contributed by atoms with van der Waals surface area (Å²) in [6.07, 6.45) is 3.64. The number of hydrogen-bond acceptors (Lipinski definition) is 3. The highest BCUT2D eigenvalue weighted by Gasteiger charge is 2.45. The molecule has 0 bridgehead atoms. The standard InChI is InChI=1S/C32H39NO2/c1-5-24-10-17-28-29(22-24)35-32(3,4)31(26-11-8-23(2)9-12-26)30(28)25-13-15-27(16-14-25)34-21-20-33-18-6-7-19-33/h8-17,22,30-31H,5-7,18-21H2,1-4H3. The minimum atomic E-state index is -0.343. The molecule has 2 unspecified atom stereocenters. The Labute approximate surface area is 211 Å². The summed E-state index contributed by atoms with van der Waals surface area (Å²) in [6.45, 7) is 13.0. The Kier molecular flexibility index (Phi) is 6.88. The predicted octanol–water partition coefficient (Wildman–Crippen LogP) is 7.12. The molecule has 5 rings (SSSR count). The Hall–Kier alpha value is -2.78. The van der Waals surface area contributed by atoms with Crippen LogP contribution in [0.5, 0.6) is 11.5 Å². The predicted molar refractivity (Wildman–Crippen MR) is 144 cm³/mol. The van der Waals surface area contributed by atoms with Crippen LogP contribution in [0.4, 0.5) is 0 Å². The summed E-state index contributed by atoms with van der Waals surface area (Å²) in [6, 6.07) is 24.6. The SMILES string of the molecule is CCc1ccc2c(c1)OC(C)(C)C(c1ccc(C)cc1)C2c1ccc(OCCN2CCCC2)cc1. The van der Waals surface area contributed by atoms with Gasteiger partial charge in [-0.05, 0) is 88.0 Å². The summed E-state index contributed by atoms with van der Waals surface area (Å²) in [5.74, 6) is 2.38. The van der Waals surface area contributed by atoms with Crippen molar-refractivity contribution in [3.63, 3.8) is 0 Å². The highest BCUT2D eigenvalue weighted by Crippen LogP contribution is 2.53. The molecule has 0 aromatic heterocycles. The number of rotatable bonds is 7. The molecule has 3 nitrogen and oxygen atoms in total. The first kappa shape index (κ1) is 23.9. The summed E-state index contributed by atoms with van der Waals surface area (Å²) in [7, 11) is 0. The number of hydrogen-bond donors (Lipinski definition) is 0. The zero-order valence-electron chi connectivity index (χ0n) is 21.7. The lowest BCUT2D eigenvalue weighted by atomic mass is 9.68. The molecule has 0 aliphatic carbocycles. The average molecular weight is 470 g/mol. The topological polar surface area (TPSA) is 21.7 Å². The second kappa shape index (κ2) is 10.1. The molecule has 0 N–H and O–H groups in total. The van der Waals surface area contributed by atoms with E-state index in [9.17, 15) is 0 Å². The molecule has 0 spiro atoms. The number of likely N-dealkylation sites (tertiary alicyclic amines) is 1. The van der Waals surface area contributed by atoms with Gasteiger partial charge in [0.15, 0.2) is 0 Å². The Morgan fingerprint density at radius 1 is 0.914 bits per heavy atom. The van der Waals surface area contributed by atoms with Crippen LogP contribution in [0.25, 0.3) is 0 Å². The molecule has 3 aromatic rings. The van der Waals surface area contributed by atoms with Crippen molar-refractivity contribution >= 4 is 0 Å². The van der Waals surface area contributed by atoms with Gasteiger partial charge >= 0.3 is 0 Å². The van der Waals surface area contributed by atoms with Gasteiger partial charge in [0.2, 0.25) is 0 Å². The molecule has 2 heterocycles. The lowest BCUT2D eigenvalue weighted by molar-refractivity contribution is 0.0530. The van der Waals surface area contributed by atoms with E-state index in [1.165, 1.54) is 53.7 Å². The van der Waals surface area contributed by atoms with E-state index < -0.39 is 0 Å². The van der Waals surface area contributed by atoms with Gasteiger partial charge in [-0.1, -0.05) is 61.0 Å². The van der Waals surface area contributed by atoms with E-state index in [0.717, 1.165) is 31.1 Å². The van der Waals surface area contributed by atoms with Gasteiger partial charge in [0.25, 0.3) is 0 Å². The Balaban J connectivity index is 1.47. The molecule has 2 aliphatic heterocycles. The molecule has 0 saturated carbocycles. The summed E-state index contributed by atoms with van der Waals surface area (Å²) >= 11 is 0. The van der Waals surface area contributed by atoms with Crippen molar-refractivity contribution in [1.82, 2.24) is 4.90 Å². The first-order valence-electron chi connectivity index (χ1n) is 13.3. The molecular formula is C32H39NO2. The van der Waals surface area contributed by atoms with Crippen LogP contribution in [-0.2, 0) is 6.42 Å². The zero-order chi connectivity index (χ0) is 24.4. The largest absolute Gasteiger partial charge is 0.492 e. The van der Waals surface area contributed by atoms with Gasteiger partial charge in [0.1, 0.15) is 23.7 Å². The zero-order valence-corrected chi connectivity index (χ0v) is 21.7. The van der Waals surface area contributed by atoms with Gasteiger partial charge in [-0.15, -0.1) is 0 Å². The fraction of sp³-hybridized carbons (Fsp3) is 0.438. The number of ether oxygens (including phenoxy) is 2. The van der Waals surface area contributed by atoms with Crippen molar-refractivity contribution in [2.24, 2.45) is 0 Å². The maximum absolute atomic E-state index is 6.71. The second-order valence-electron chi connectivity index (χ2n) is 10.8. The highest BCUT2D eigenvalue weighted by atomic mass is 16.5. The number of benzene rings is 3. The van der Waals surface area contributed by atoms with Crippen molar-refractivity contribution < 1.29 is 9.47 Å². The van der Waals surface area contributed by atoms with E-state index >= 15 is 0 Å². The minimum absolute atomic E-state index is 0.199. The summed E-state index contributed by atoms with van der Waals surface area (Å²) < 4.78 is 12.8. The van der Waals surface area contributed by atoms with Crippen LogP contribution in [0.3, 0.4) is 0 Å². The van der Waals surface area contributed by atoms with Gasteiger partial charge in [-0.2, -0.15) is 0 Å². The van der Waals surface area contributed by atoms with Crippen LogP contribution < -0.4 is 9.47 Å². The monoisotopic (exact) mass is 469 g/mol. The second-order valence-corrected chi connectivity index (χ2v) is 10.8. The molecule has 1 fully saturated rings. The van der Waals surface area contributed by atoms with Gasteiger partial charge < -0.3 is 9.47 Å². The van der Waals surface area contributed by atoms with Crippen LogP contribution >= 0.6 is 0 Å². The fourth-order valence-corrected chi connectivity index (χ4v) is 5.88. The fourth-order valence-electron chi connectivity index (χ4n) is 5.88. The van der Waals surface area contributed by atoms with E-state index in [4.69, 9.17) is 9.47 Å². The van der Waals surface area contributed by atoms with Crippen molar-refractivity contribution in [2.45, 2.75) is 64.4 Å². The maximum atomic E-state index is 6.71. The normalized spacial score (nSPS) is 21.4. The lowest BCUT2D eigenvalue weighted by Crippen LogP contribution is -2.43. The van der Waals surface area contributed by atoms with Crippen LogP contribution in [0, 0.1) is 6.92 Å². The van der Waals surface area contributed by atoms with E-state index in [1.807, 2.05) is 0 Å². The molecule has 3 aromatic carbocycles. The van der Waals surface area contributed by atoms with Crippen LogP contribution in [0.1, 0.15) is 73.3 Å². The minimum Gasteiger partial charge on any atom is -0.492 e. The highest BCUT2D eigenvalue weighted by molar-refractivity contribution is 5.51. The first-order chi connectivity index (χ1) is 16.9. The molecule has 2 atom stereocenters. The van der Waals surface area contributed by atoms with Crippen molar-refractivity contribution in [3.05, 3.63) is 94.5 Å². The average Bonchev–Trinajstić information content (AvgIpc) is 3.37. The van der Waals surface area contributed by atoms with Gasteiger partial charge in [-0.3, -0.25) is 4.90 Å². The summed E-state index contributed by atoms with van der Waals surface area (Å²) in [4.78, 5) is 2.49. The third-order valence-electron chi connectivity index (χ3n) is 7.83. The molecule has 184 valence electrons. The molecular weight excluding hydrogens is 430 g/mol. The third-order valence-corrected chi connectivity index (χ3v) is 7.83. The van der Waals surface area contributed by atoms with Gasteiger partial charge in [0, 0.05) is 23.9 Å². The number of nitrogens with zero attached hydrogens (tertiary/aromatic N) is 1. The summed E-state index contributed by atoms with van der Waals surface area (Å²) in [5, 5.41) is 0. The quantitative estimate of drug-likeness (QED) is 0.368. The van der Waals surface area contributed by atoms with Gasteiger partial charge in [0.05, 0.1) is 0 Å². The third kappa shape index (κ3) is 5.11. The molecule has 1 saturated heterocycles. The Morgan fingerprint density at radius 3 is 2.29 bits per heavy atom. The number of aryl methyl sites for hydroxylation is 2. The van der Waals surface area contributed by atoms with Crippen molar-refractivity contribution in [3.8, 4) is 11.5 Å². The summed E-state index contributed by atoms with van der Waals surface area (Å²) in [5.41, 5.74) is 6.16. The Bertz CT molecular complexity index is 1130. The van der Waals surface area contributed by atoms with Crippen LogP contribution in [0.15, 0.2) is 66.7 Å². The molecule has 2 aliphatic rings. The van der Waals surface area contributed by atoms with Gasteiger partial charge in [-0.25, -0.2) is 0 Å². The van der Waals surface area contributed by atoms with Crippen LogP contribution in [-0.4, -0.2) is 36.7 Å². The molecule has 3 heteroatoms. The first-order valence-corrected chi connectivity index (χ1v) is 13.3. The molecule has 0 amide bonds. The Morgan fingerprint density at radius 2 is 1.60 bits per heavy atom. The van der Waals surface area contributed by atoms with E-state index in [2.05, 4.69) is 99.3 Å². The van der Waals surface area contributed by atoms with Crippen LogP contribution in [0.2, 0.25) is 0 Å². The molecule has 35 heavy (non-hydrogen) atoms. The van der Waals surface area contributed by atoms with E-state index in [1.54, 1.807) is 0 Å². The van der Waals surface area contributed by atoms with Crippen molar-refractivity contribution in [2.75, 3.05) is 26.2 Å². The van der Waals surface area contributed by atoms with E-state index in [-0.39, 0.29) is 17.4 Å². The maximum Gasteiger partial charge on any atom is 0.124 e. The van der Waals surface area contributed by atoms with Crippen molar-refractivity contribution in [1.29, 1.82) is 0 Å². The molecule has 0 radical (unpaired) electrons. The number of fused-ring (bicyclic) bond motifs is 1. The van der Waals surface area contributed by atoms with E-state index in [0.29, 0.717) is 0 Å². The lowest BCUT2D eigenvalue weighted by Gasteiger charge is -2.46. The smallest absolute Gasteiger partial charge is 0.124 e.